The summed E-state index contributed by atoms with van der Waals surface area (Å²) < 4.78 is 0. The Kier molecular flexibility index (Phi) is 46.1. The molecule has 132 heavy (non-hydrogen) atoms. The molecule has 6 heteroatoms. The van der Waals surface area contributed by atoms with Crippen molar-refractivity contribution in [3.63, 3.8) is 0 Å². The molecule has 0 radical (unpaired) electrons. The summed E-state index contributed by atoms with van der Waals surface area (Å²) in [6.45, 7) is 40.6. The van der Waals surface area contributed by atoms with E-state index in [-0.39, 0.29) is 0 Å². The lowest BCUT2D eigenvalue weighted by Gasteiger charge is -2.24. The molecule has 0 aliphatic heterocycles. The van der Waals surface area contributed by atoms with Crippen LogP contribution in [-0.2, 0) is 0 Å². The van der Waals surface area contributed by atoms with Crippen LogP contribution in [0.5, 0.6) is 0 Å². The Morgan fingerprint density at radius 2 is 0.205 bits per heavy atom. The molecule has 0 fully saturated rings. The fraction of sp³-hybridized carbons (Fsp3) is 0.381. The first-order valence-corrected chi connectivity index (χ1v) is 51.7. The van der Waals surface area contributed by atoms with E-state index < -0.39 is 0 Å². The molecule has 0 aliphatic rings. The summed E-state index contributed by atoms with van der Waals surface area (Å²) in [6, 6.07) is 83.4. The highest BCUT2D eigenvalue weighted by Gasteiger charge is 2.14. The fourth-order valence-electron chi connectivity index (χ4n) is 16.9. The van der Waals surface area contributed by atoms with E-state index in [1.165, 1.54) is 222 Å². The average molecular weight is 1760 g/mol. The second-order valence-corrected chi connectivity index (χ2v) is 36.4. The summed E-state index contributed by atoms with van der Waals surface area (Å²) in [7, 11) is 0. The van der Waals surface area contributed by atoms with Crippen molar-refractivity contribution in [1.29, 1.82) is 0 Å². The zero-order valence-corrected chi connectivity index (χ0v) is 83.3. The lowest BCUT2D eigenvalue weighted by atomic mass is 9.99. The van der Waals surface area contributed by atoms with E-state index in [1.807, 2.05) is 0 Å². The molecule has 0 N–H and O–H groups in total. The van der Waals surface area contributed by atoms with Gasteiger partial charge in [0.25, 0.3) is 0 Å². The van der Waals surface area contributed by atoms with Crippen molar-refractivity contribution < 1.29 is 0 Å². The Balaban J connectivity index is 1.08. The molecule has 0 aliphatic carbocycles. The smallest absolute Gasteiger partial charge is 0.0366 e. The number of unbranched alkanes of at least 4 members (excludes halogenated alkanes) is 12. The minimum atomic E-state index is 1.09. The van der Waals surface area contributed by atoms with Crippen molar-refractivity contribution in [1.82, 2.24) is 0 Å². The van der Waals surface area contributed by atoms with E-state index in [4.69, 9.17) is 0 Å². The normalized spacial score (nSPS) is 12.0. The molecular formula is C126H162N6. The van der Waals surface area contributed by atoms with Crippen LogP contribution in [0, 0.1) is 0 Å². The topological polar surface area (TPSA) is 19.4 Å². The van der Waals surface area contributed by atoms with Crippen LogP contribution >= 0.6 is 0 Å². The van der Waals surface area contributed by atoms with Gasteiger partial charge in [-0.3, -0.25) is 0 Å². The molecule has 0 saturated carbocycles. The molecule has 10 aromatic carbocycles. The van der Waals surface area contributed by atoms with Crippen molar-refractivity contribution >= 4 is 143 Å². The number of anilines is 6. The van der Waals surface area contributed by atoms with Gasteiger partial charge in [0.1, 0.15) is 0 Å². The van der Waals surface area contributed by atoms with Gasteiger partial charge in [0.15, 0.2) is 0 Å². The third-order valence-corrected chi connectivity index (χ3v) is 25.1. The van der Waals surface area contributed by atoms with Crippen LogP contribution in [0.4, 0.5) is 34.1 Å². The predicted molar refractivity (Wildman–Crippen MR) is 597 cm³/mol. The zero-order valence-electron chi connectivity index (χ0n) is 83.3. The van der Waals surface area contributed by atoms with E-state index in [9.17, 15) is 0 Å². The van der Waals surface area contributed by atoms with Gasteiger partial charge in [-0.2, -0.15) is 0 Å². The number of nitrogens with zero attached hydrogens (tertiary/aromatic N) is 6. The Morgan fingerprint density at radius 1 is 0.121 bits per heavy atom. The molecule has 10 rings (SSSR count). The van der Waals surface area contributed by atoms with Crippen LogP contribution < -0.4 is 29.4 Å². The van der Waals surface area contributed by atoms with E-state index in [1.54, 1.807) is 0 Å². The Hall–Kier alpha value is -11.3. The zero-order chi connectivity index (χ0) is 93.0. The van der Waals surface area contributed by atoms with Gasteiger partial charge in [-0.05, 0) is 323 Å². The maximum absolute atomic E-state index is 2.57. The maximum atomic E-state index is 2.57. The molecular weight excluding hydrogens is 1600 g/mol. The summed E-state index contributed by atoms with van der Waals surface area (Å²) in [5, 5.41) is 0. The van der Waals surface area contributed by atoms with Gasteiger partial charge < -0.3 is 29.4 Å². The summed E-state index contributed by atoms with van der Waals surface area (Å²) in [6.07, 6.45) is 70.0. The van der Waals surface area contributed by atoms with Crippen molar-refractivity contribution in [2.45, 2.75) is 237 Å². The van der Waals surface area contributed by atoms with Gasteiger partial charge in [-0.25, -0.2) is 0 Å². The standard InChI is InChI=1S/C126H162N6/c1-13-25-79-127(80-26-14-2)121-67-55-103(56-68-121)37-43-109-91-110(44-38-104-57-69-122(70-58-104)128(81-27-15-3)82-28-16-4)95-115(94-109)49-52-118-100-119(53-50-116-96-111(45-39-105-59-71-123(72-60-105)129(83-29-17-5)84-30-18-6)92-112(97-116)46-40-106-61-73-124(74-62-106)130(85-31-19-7)86-32-20-8)102-120(101-118)54-51-117-98-113(47-41-107-63-75-125(76-64-107)131(87-33-21-9)88-34-22-10)93-114(99-117)48-42-108-65-77-126(78-66-108)132(89-35-23-11)90-36-24-12/h37-78,91-102H,13-36,79-90H2,1-12H3/b43-37+,44-38+,45-39+,46-40+,47-41+,48-42+,52-49+,53-50+,54-51+. The highest BCUT2D eigenvalue weighted by atomic mass is 15.1. The third kappa shape index (κ3) is 36.0. The maximum Gasteiger partial charge on any atom is 0.0366 e. The lowest BCUT2D eigenvalue weighted by molar-refractivity contribution is 0.678. The number of hydrogen-bond acceptors (Lipinski definition) is 6. The molecule has 0 spiro atoms. The monoisotopic (exact) mass is 1760 g/mol. The Labute approximate surface area is 801 Å². The fourth-order valence-corrected chi connectivity index (χ4v) is 16.9. The van der Waals surface area contributed by atoms with Gasteiger partial charge in [0.2, 0.25) is 0 Å². The largest absolute Gasteiger partial charge is 0.372 e. The second kappa shape index (κ2) is 59.2. The van der Waals surface area contributed by atoms with Crippen molar-refractivity contribution in [3.05, 3.63) is 319 Å². The molecule has 0 aromatic heterocycles. The molecule has 0 atom stereocenters. The van der Waals surface area contributed by atoms with Gasteiger partial charge in [0.05, 0.1) is 0 Å². The molecule has 696 valence electrons. The van der Waals surface area contributed by atoms with Gasteiger partial charge >= 0.3 is 0 Å². The van der Waals surface area contributed by atoms with Crippen LogP contribution in [0.25, 0.3) is 109 Å². The number of rotatable bonds is 60. The number of hydrogen-bond donors (Lipinski definition) is 0. The van der Waals surface area contributed by atoms with Gasteiger partial charge in [-0.15, -0.1) is 0 Å². The van der Waals surface area contributed by atoms with Crippen molar-refractivity contribution in [2.24, 2.45) is 0 Å². The number of benzene rings is 10. The van der Waals surface area contributed by atoms with Crippen molar-refractivity contribution in [2.75, 3.05) is 108 Å². The Bertz CT molecular complexity index is 4360. The van der Waals surface area contributed by atoms with Gasteiger partial charge in [0, 0.05) is 113 Å². The first kappa shape index (κ1) is 103. The first-order chi connectivity index (χ1) is 64.8. The van der Waals surface area contributed by atoms with Crippen LogP contribution in [0.1, 0.15) is 337 Å². The first-order valence-electron chi connectivity index (χ1n) is 51.7. The minimum Gasteiger partial charge on any atom is -0.372 e. The lowest BCUT2D eigenvalue weighted by Crippen LogP contribution is -2.25. The SMILES string of the molecule is CCCCN(CCCC)c1ccc(/C=C/c2cc(/C=C/c3ccc(N(CCCC)CCCC)cc3)cc(/C=C/c3cc(/C=C/c4cc(/C=C/c5ccc(N(CCCC)CCCC)cc5)cc(/C=C/c5ccc(N(CCCC)CCCC)cc5)c4)cc(/C=C/c4cc(/C=C/c5ccc(N(CCCC)CCCC)cc5)cc(/C=C/c5ccc(N(CCCC)CCCC)cc5)c4)c3)c2)cc1. The molecule has 0 heterocycles. The Morgan fingerprint density at radius 3 is 0.288 bits per heavy atom. The second-order valence-electron chi connectivity index (χ2n) is 36.4. The summed E-state index contributed by atoms with van der Waals surface area (Å²) in [5.74, 6) is 0. The predicted octanol–water partition coefficient (Wildman–Crippen LogP) is 35.7. The van der Waals surface area contributed by atoms with Crippen LogP contribution in [0.2, 0.25) is 0 Å². The van der Waals surface area contributed by atoms with E-state index in [2.05, 4.69) is 440 Å². The third-order valence-electron chi connectivity index (χ3n) is 25.1. The highest BCUT2D eigenvalue weighted by molar-refractivity contribution is 5.86. The summed E-state index contributed by atoms with van der Waals surface area (Å²) in [5.41, 5.74) is 28.6. The molecule has 6 nitrogen and oxygen atoms in total. The average Bonchev–Trinajstić information content (AvgIpc) is 0.836. The van der Waals surface area contributed by atoms with Crippen molar-refractivity contribution in [3.8, 4) is 0 Å². The van der Waals surface area contributed by atoms with E-state index in [0.29, 0.717) is 0 Å². The summed E-state index contributed by atoms with van der Waals surface area (Å²) >= 11 is 0. The van der Waals surface area contributed by atoms with E-state index in [0.717, 1.165) is 145 Å². The minimum absolute atomic E-state index is 1.09. The summed E-state index contributed by atoms with van der Waals surface area (Å²) in [4.78, 5) is 15.4. The molecule has 0 amide bonds. The van der Waals surface area contributed by atoms with Crippen LogP contribution in [-0.4, -0.2) is 78.5 Å². The van der Waals surface area contributed by atoms with Crippen LogP contribution in [0.15, 0.2) is 218 Å². The molecule has 10 aromatic rings. The molecule has 0 bridgehead atoms. The van der Waals surface area contributed by atoms with Gasteiger partial charge in [-0.1, -0.05) is 342 Å². The van der Waals surface area contributed by atoms with Crippen LogP contribution in [0.3, 0.4) is 0 Å². The van der Waals surface area contributed by atoms with E-state index >= 15 is 0 Å². The molecule has 0 saturated heterocycles. The highest BCUT2D eigenvalue weighted by Crippen LogP contribution is 2.31. The molecule has 0 unspecified atom stereocenters. The quantitative estimate of drug-likeness (QED) is 0.0351.